The molecule has 0 aromatic heterocycles. The van der Waals surface area contributed by atoms with E-state index >= 15 is 0 Å². The first kappa shape index (κ1) is 34.0. The highest BCUT2D eigenvalue weighted by atomic mass is 16.6. The second-order valence-electron chi connectivity index (χ2n) is 12.1. The maximum atomic E-state index is 14.3. The number of hydrogen-bond acceptors (Lipinski definition) is 4. The summed E-state index contributed by atoms with van der Waals surface area (Å²) in [5.74, 6) is 2.24. The van der Waals surface area contributed by atoms with E-state index in [9.17, 15) is 14.4 Å². The van der Waals surface area contributed by atoms with Gasteiger partial charge < -0.3 is 20.3 Å². The molecule has 7 nitrogen and oxygen atoms in total. The summed E-state index contributed by atoms with van der Waals surface area (Å²) >= 11 is 0. The zero-order chi connectivity index (χ0) is 29.8. The number of hydrogen-bond donors (Lipinski definition) is 2. The van der Waals surface area contributed by atoms with Crippen LogP contribution in [0.15, 0.2) is 24.3 Å². The van der Waals surface area contributed by atoms with Crippen LogP contribution in [-0.2, 0) is 14.3 Å². The summed E-state index contributed by atoms with van der Waals surface area (Å²) in [7, 11) is 0. The van der Waals surface area contributed by atoms with E-state index in [-0.39, 0.29) is 23.8 Å². The lowest BCUT2D eigenvalue weighted by molar-refractivity contribution is -0.146. The Kier molecular flexibility index (Phi) is 14.1. The Morgan fingerprint density at radius 3 is 2.10 bits per heavy atom. The van der Waals surface area contributed by atoms with Gasteiger partial charge in [0.15, 0.2) is 0 Å². The molecule has 0 saturated heterocycles. The summed E-state index contributed by atoms with van der Waals surface area (Å²) in [6.45, 7) is 17.9. The molecule has 1 rings (SSSR count). The first-order valence-corrected chi connectivity index (χ1v) is 14.4. The number of rotatable bonds is 14. The zero-order valence-electron chi connectivity index (χ0n) is 25.6. The molecule has 0 radical (unpaired) electrons. The van der Waals surface area contributed by atoms with Crippen LogP contribution in [-0.4, -0.2) is 47.0 Å². The minimum Gasteiger partial charge on any atom is -0.444 e. The van der Waals surface area contributed by atoms with Gasteiger partial charge in [0.25, 0.3) is 0 Å². The van der Waals surface area contributed by atoms with Crippen molar-refractivity contribution in [3.05, 3.63) is 35.4 Å². The standard InChI is InChI=1S/C32H51N3O4/c1-11-13-14-21-33-29(36)28(26-19-17-25(12-2)18-20-26)35(24(7)16-15-22(3)4)30(37)27(23(5)6)34-31(38)39-32(8,9)10/h2,17-20,22-24,27-28H,11,13-16,21H2,1,3-10H3,(H,33,36)(H,34,38). The highest BCUT2D eigenvalue weighted by Crippen LogP contribution is 2.29. The molecule has 0 aliphatic heterocycles. The van der Waals surface area contributed by atoms with Crippen molar-refractivity contribution in [3.63, 3.8) is 0 Å². The Morgan fingerprint density at radius 2 is 1.62 bits per heavy atom. The molecule has 3 atom stereocenters. The molecule has 0 spiro atoms. The van der Waals surface area contributed by atoms with Crippen molar-refractivity contribution >= 4 is 17.9 Å². The van der Waals surface area contributed by atoms with Gasteiger partial charge in [0, 0.05) is 18.2 Å². The molecule has 218 valence electrons. The molecule has 3 amide bonds. The number of nitrogens with zero attached hydrogens (tertiary/aromatic N) is 1. The van der Waals surface area contributed by atoms with Crippen molar-refractivity contribution in [1.29, 1.82) is 0 Å². The fraction of sp³-hybridized carbons (Fsp3) is 0.656. The first-order valence-electron chi connectivity index (χ1n) is 14.4. The summed E-state index contributed by atoms with van der Waals surface area (Å²) < 4.78 is 5.46. The van der Waals surface area contributed by atoms with Gasteiger partial charge >= 0.3 is 6.09 Å². The molecule has 0 aliphatic carbocycles. The highest BCUT2D eigenvalue weighted by molar-refractivity contribution is 5.92. The summed E-state index contributed by atoms with van der Waals surface area (Å²) in [6, 6.07) is 5.18. The number of ether oxygens (including phenoxy) is 1. The zero-order valence-corrected chi connectivity index (χ0v) is 25.6. The Bertz CT molecular complexity index is 957. The van der Waals surface area contributed by atoms with Gasteiger partial charge in [0.05, 0.1) is 0 Å². The third-order valence-electron chi connectivity index (χ3n) is 6.50. The molecular formula is C32H51N3O4. The second-order valence-corrected chi connectivity index (χ2v) is 12.1. The average Bonchev–Trinajstić information content (AvgIpc) is 2.85. The van der Waals surface area contributed by atoms with E-state index in [1.807, 2.05) is 32.9 Å². The molecule has 0 bridgehead atoms. The van der Waals surface area contributed by atoms with Gasteiger partial charge in [0.1, 0.15) is 17.7 Å². The predicted octanol–water partition coefficient (Wildman–Crippen LogP) is 6.22. The lowest BCUT2D eigenvalue weighted by Gasteiger charge is -2.39. The quantitative estimate of drug-likeness (QED) is 0.216. The molecule has 0 aliphatic rings. The number of terminal acetylenes is 1. The number of carbonyl (C=O) groups is 3. The number of nitrogens with one attached hydrogen (secondary N) is 2. The fourth-order valence-corrected chi connectivity index (χ4v) is 4.30. The second kappa shape index (κ2) is 16.2. The van der Waals surface area contributed by atoms with Crippen LogP contribution in [0.2, 0.25) is 0 Å². The normalized spacial score (nSPS) is 13.8. The van der Waals surface area contributed by atoms with Gasteiger partial charge in [-0.3, -0.25) is 9.59 Å². The molecular weight excluding hydrogens is 490 g/mol. The third-order valence-corrected chi connectivity index (χ3v) is 6.50. The maximum absolute atomic E-state index is 14.3. The Labute approximate surface area is 236 Å². The van der Waals surface area contributed by atoms with E-state index in [2.05, 4.69) is 37.3 Å². The number of carbonyl (C=O) groups excluding carboxylic acids is 3. The molecule has 1 aromatic rings. The molecule has 2 N–H and O–H groups in total. The summed E-state index contributed by atoms with van der Waals surface area (Å²) in [4.78, 5) is 42.5. The van der Waals surface area contributed by atoms with E-state index in [1.54, 1.807) is 37.8 Å². The summed E-state index contributed by atoms with van der Waals surface area (Å²) in [6.07, 6.45) is 9.41. The topological polar surface area (TPSA) is 87.7 Å². The van der Waals surface area contributed by atoms with Crippen LogP contribution in [0.4, 0.5) is 4.79 Å². The fourth-order valence-electron chi connectivity index (χ4n) is 4.30. The minimum atomic E-state index is -0.880. The van der Waals surface area contributed by atoms with Crippen LogP contribution in [0.3, 0.4) is 0 Å². The minimum absolute atomic E-state index is 0.234. The molecule has 7 heteroatoms. The summed E-state index contributed by atoms with van der Waals surface area (Å²) in [5.41, 5.74) is 0.656. The van der Waals surface area contributed by atoms with E-state index < -0.39 is 23.8 Å². The number of benzene rings is 1. The van der Waals surface area contributed by atoms with Gasteiger partial charge in [-0.25, -0.2) is 4.79 Å². The predicted molar refractivity (Wildman–Crippen MR) is 158 cm³/mol. The van der Waals surface area contributed by atoms with Gasteiger partial charge in [-0.1, -0.05) is 65.5 Å². The Balaban J connectivity index is 3.56. The van der Waals surface area contributed by atoms with Crippen LogP contribution in [0.1, 0.15) is 112 Å². The number of alkyl carbamates (subject to hydrolysis) is 1. The van der Waals surface area contributed by atoms with Crippen molar-refractivity contribution in [1.82, 2.24) is 15.5 Å². The number of unbranched alkanes of at least 4 members (excludes halogenated alkanes) is 2. The molecule has 0 fully saturated rings. The van der Waals surface area contributed by atoms with E-state index in [0.29, 0.717) is 30.0 Å². The number of amides is 3. The lowest BCUT2D eigenvalue weighted by Crippen LogP contribution is -2.57. The molecule has 1 aromatic carbocycles. The monoisotopic (exact) mass is 541 g/mol. The average molecular weight is 542 g/mol. The van der Waals surface area contributed by atoms with Crippen molar-refractivity contribution < 1.29 is 19.1 Å². The van der Waals surface area contributed by atoms with Crippen molar-refractivity contribution in [2.45, 2.75) is 118 Å². The largest absolute Gasteiger partial charge is 0.444 e. The smallest absolute Gasteiger partial charge is 0.408 e. The van der Waals surface area contributed by atoms with Crippen LogP contribution in [0.25, 0.3) is 0 Å². The van der Waals surface area contributed by atoms with Crippen LogP contribution in [0, 0.1) is 24.2 Å². The highest BCUT2D eigenvalue weighted by Gasteiger charge is 2.39. The van der Waals surface area contributed by atoms with Gasteiger partial charge in [0.2, 0.25) is 11.8 Å². The molecule has 39 heavy (non-hydrogen) atoms. The summed E-state index contributed by atoms with van der Waals surface area (Å²) in [5, 5.41) is 5.84. The van der Waals surface area contributed by atoms with Crippen LogP contribution >= 0.6 is 0 Å². The van der Waals surface area contributed by atoms with E-state index in [1.165, 1.54) is 0 Å². The van der Waals surface area contributed by atoms with Crippen molar-refractivity contribution in [2.24, 2.45) is 11.8 Å². The molecule has 3 unspecified atom stereocenters. The first-order chi connectivity index (χ1) is 18.2. The lowest BCUT2D eigenvalue weighted by atomic mass is 9.94. The Hall–Kier alpha value is -3.01. The van der Waals surface area contributed by atoms with Crippen molar-refractivity contribution in [2.75, 3.05) is 6.54 Å². The Morgan fingerprint density at radius 1 is 1.00 bits per heavy atom. The molecule has 0 saturated carbocycles. The van der Waals surface area contributed by atoms with Gasteiger partial charge in [-0.05, 0) is 76.5 Å². The van der Waals surface area contributed by atoms with E-state index in [4.69, 9.17) is 11.2 Å². The van der Waals surface area contributed by atoms with Crippen molar-refractivity contribution in [3.8, 4) is 12.3 Å². The van der Waals surface area contributed by atoms with Gasteiger partial charge in [-0.2, -0.15) is 0 Å². The maximum Gasteiger partial charge on any atom is 0.408 e. The molecule has 0 heterocycles. The third kappa shape index (κ3) is 11.7. The van der Waals surface area contributed by atoms with Gasteiger partial charge in [-0.15, -0.1) is 6.42 Å². The van der Waals surface area contributed by atoms with Crippen LogP contribution in [0.5, 0.6) is 0 Å². The van der Waals surface area contributed by atoms with Crippen LogP contribution < -0.4 is 10.6 Å². The SMILES string of the molecule is C#Cc1ccc(C(C(=O)NCCCCC)N(C(=O)C(NC(=O)OC(C)(C)C)C(C)C)C(C)CCC(C)C)cc1. The van der Waals surface area contributed by atoms with E-state index in [0.717, 1.165) is 25.7 Å².